The Hall–Kier alpha value is -3.22. The number of benzene rings is 1. The molecule has 0 bridgehead atoms. The number of hydrogen-bond donors (Lipinski definition) is 0. The van der Waals surface area contributed by atoms with Gasteiger partial charge in [-0.1, -0.05) is 0 Å². The number of carbonyl (C=O) groups excluding carboxylic acids is 1. The van der Waals surface area contributed by atoms with Crippen LogP contribution in [0, 0.1) is 5.92 Å². The van der Waals surface area contributed by atoms with Crippen LogP contribution in [0.4, 0.5) is 13.2 Å². The van der Waals surface area contributed by atoms with Crippen LogP contribution in [0.3, 0.4) is 0 Å². The molecule has 0 spiro atoms. The van der Waals surface area contributed by atoms with E-state index in [4.69, 9.17) is 4.74 Å². The van der Waals surface area contributed by atoms with Crippen molar-refractivity contribution in [1.82, 2.24) is 28.8 Å². The lowest BCUT2D eigenvalue weighted by Crippen LogP contribution is -2.46. The fraction of sp³-hybridized carbons (Fsp3) is 0.581. The summed E-state index contributed by atoms with van der Waals surface area (Å²) in [7, 11) is 0. The predicted molar refractivity (Wildman–Crippen MR) is 156 cm³/mol. The Morgan fingerprint density at radius 1 is 0.860 bits per heavy atom. The van der Waals surface area contributed by atoms with E-state index in [9.17, 15) is 22.8 Å². The van der Waals surface area contributed by atoms with Gasteiger partial charge in [0.1, 0.15) is 0 Å². The van der Waals surface area contributed by atoms with E-state index in [0.717, 1.165) is 57.7 Å². The number of carbonyl (C=O) groups is 1. The van der Waals surface area contributed by atoms with E-state index in [1.807, 2.05) is 17.0 Å². The van der Waals surface area contributed by atoms with Gasteiger partial charge in [-0.15, -0.1) is 0 Å². The first kappa shape index (κ1) is 29.8. The van der Waals surface area contributed by atoms with Crippen LogP contribution < -0.4 is 5.69 Å². The summed E-state index contributed by atoms with van der Waals surface area (Å²) in [5.74, 6) is 0.174. The maximum absolute atomic E-state index is 13.8. The molecule has 3 aliphatic heterocycles. The van der Waals surface area contributed by atoms with E-state index in [0.29, 0.717) is 63.3 Å². The van der Waals surface area contributed by atoms with Gasteiger partial charge in [-0.05, 0) is 74.7 Å². The molecule has 6 rings (SSSR count). The van der Waals surface area contributed by atoms with E-state index >= 15 is 0 Å². The summed E-state index contributed by atoms with van der Waals surface area (Å²) in [5.41, 5.74) is 1.00. The molecule has 0 atom stereocenters. The summed E-state index contributed by atoms with van der Waals surface area (Å²) in [5, 5.41) is 0. The predicted octanol–water partition coefficient (Wildman–Crippen LogP) is 3.62. The van der Waals surface area contributed by atoms with Crippen molar-refractivity contribution in [3.8, 4) is 0 Å². The van der Waals surface area contributed by atoms with E-state index < -0.39 is 11.7 Å². The van der Waals surface area contributed by atoms with E-state index in [1.165, 1.54) is 16.2 Å². The van der Waals surface area contributed by atoms with Crippen molar-refractivity contribution in [2.24, 2.45) is 5.92 Å². The summed E-state index contributed by atoms with van der Waals surface area (Å²) >= 11 is 0. The minimum absolute atomic E-state index is 0.00384. The molecule has 0 aliphatic carbocycles. The van der Waals surface area contributed by atoms with E-state index in [2.05, 4.69) is 14.8 Å². The van der Waals surface area contributed by atoms with Gasteiger partial charge in [-0.25, -0.2) is 4.79 Å². The first-order chi connectivity index (χ1) is 20.8. The highest BCUT2D eigenvalue weighted by Gasteiger charge is 2.34. The largest absolute Gasteiger partial charge is 0.416 e. The molecular formula is C31H39F3N6O3. The number of piperidine rings is 2. The Morgan fingerprint density at radius 3 is 2.23 bits per heavy atom. The van der Waals surface area contributed by atoms with Gasteiger partial charge in [0, 0.05) is 70.2 Å². The fourth-order valence-corrected chi connectivity index (χ4v) is 6.78. The third-order valence-corrected chi connectivity index (χ3v) is 9.27. The summed E-state index contributed by atoms with van der Waals surface area (Å²) < 4.78 is 49.4. The van der Waals surface area contributed by atoms with E-state index in [-0.39, 0.29) is 23.6 Å². The summed E-state index contributed by atoms with van der Waals surface area (Å²) in [6.45, 7) is 7.22. The normalized spacial score (nSPS) is 20.2. The molecule has 9 nitrogen and oxygen atoms in total. The second-order valence-electron chi connectivity index (χ2n) is 11.9. The summed E-state index contributed by atoms with van der Waals surface area (Å²) in [4.78, 5) is 37.7. The number of likely N-dealkylation sites (tertiary alicyclic amines) is 2. The van der Waals surface area contributed by atoms with Gasteiger partial charge in [-0.2, -0.15) is 13.2 Å². The SMILES string of the molecule is O=C(C1CCN(Cc2ccncc2)CC1)N1CCC(n2c(=O)n(CCN3CCOCC3)c3cc(C(F)(F)F)ccc32)CC1. The van der Waals surface area contributed by atoms with Crippen molar-refractivity contribution in [1.29, 1.82) is 0 Å². The van der Waals surface area contributed by atoms with Crippen LogP contribution in [0.2, 0.25) is 0 Å². The number of nitrogens with zero attached hydrogens (tertiary/aromatic N) is 6. The molecule has 0 unspecified atom stereocenters. The Morgan fingerprint density at radius 2 is 1.56 bits per heavy atom. The van der Waals surface area contributed by atoms with Crippen molar-refractivity contribution in [3.63, 3.8) is 0 Å². The van der Waals surface area contributed by atoms with Crippen LogP contribution in [0.15, 0.2) is 47.5 Å². The van der Waals surface area contributed by atoms with Crippen molar-refractivity contribution in [2.75, 3.05) is 59.0 Å². The minimum atomic E-state index is -4.50. The number of imidazole rings is 1. The van der Waals surface area contributed by atoms with E-state index in [1.54, 1.807) is 17.0 Å². The van der Waals surface area contributed by atoms with Crippen LogP contribution in [0.25, 0.3) is 11.0 Å². The average molecular weight is 601 g/mol. The highest BCUT2D eigenvalue weighted by atomic mass is 19.4. The quantitative estimate of drug-likeness (QED) is 0.413. The minimum Gasteiger partial charge on any atom is -0.379 e. The van der Waals surface area contributed by atoms with Crippen LogP contribution >= 0.6 is 0 Å². The number of aromatic nitrogens is 3. The average Bonchev–Trinajstić information content (AvgIpc) is 3.31. The molecule has 3 fully saturated rings. The molecule has 2 aromatic heterocycles. The molecule has 43 heavy (non-hydrogen) atoms. The Balaban J connectivity index is 1.12. The van der Waals surface area contributed by atoms with Gasteiger partial charge in [0.2, 0.25) is 5.91 Å². The van der Waals surface area contributed by atoms with Crippen molar-refractivity contribution in [2.45, 2.75) is 51.0 Å². The standard InChI is InChI=1S/C31H39F3N6O3/c32-31(33,34)25-1-2-27-28(21-25)39(16-15-36-17-19-43-20-18-36)30(42)40(27)26-7-13-38(14-8-26)29(41)24-5-11-37(12-6-24)22-23-3-9-35-10-4-23/h1-4,9-10,21,24,26H,5-8,11-20,22H2. The fourth-order valence-electron chi connectivity index (χ4n) is 6.78. The van der Waals surface area contributed by atoms with Gasteiger partial charge in [-0.3, -0.25) is 28.7 Å². The number of alkyl halides is 3. The second kappa shape index (κ2) is 12.8. The molecule has 0 N–H and O–H groups in total. The van der Waals surface area contributed by atoms with Crippen molar-refractivity contribution >= 4 is 16.9 Å². The molecule has 0 radical (unpaired) electrons. The molecule has 232 valence electrons. The number of ether oxygens (including phenoxy) is 1. The Labute approximate surface area is 248 Å². The first-order valence-corrected chi connectivity index (χ1v) is 15.3. The number of pyridine rings is 1. The van der Waals surface area contributed by atoms with Gasteiger partial charge in [0.05, 0.1) is 29.8 Å². The number of hydrogen-bond acceptors (Lipinski definition) is 6. The van der Waals surface area contributed by atoms with Crippen molar-refractivity contribution in [3.05, 3.63) is 64.3 Å². The third-order valence-electron chi connectivity index (χ3n) is 9.27. The topological polar surface area (TPSA) is 75.8 Å². The highest BCUT2D eigenvalue weighted by Crippen LogP contribution is 2.33. The van der Waals surface area contributed by atoms with Gasteiger partial charge < -0.3 is 9.64 Å². The monoisotopic (exact) mass is 600 g/mol. The zero-order valence-electron chi connectivity index (χ0n) is 24.3. The van der Waals surface area contributed by atoms with Crippen LogP contribution in [-0.2, 0) is 28.8 Å². The molecule has 12 heteroatoms. The number of halogens is 3. The lowest BCUT2D eigenvalue weighted by molar-refractivity contribution is -0.138. The van der Waals surface area contributed by atoms with Gasteiger partial charge in [0.25, 0.3) is 0 Å². The smallest absolute Gasteiger partial charge is 0.379 e. The lowest BCUT2D eigenvalue weighted by atomic mass is 9.93. The van der Waals surface area contributed by atoms with Crippen LogP contribution in [0.5, 0.6) is 0 Å². The second-order valence-corrected chi connectivity index (χ2v) is 11.9. The maximum atomic E-state index is 13.8. The molecule has 3 aliphatic rings. The number of amides is 1. The number of morpholine rings is 1. The zero-order valence-corrected chi connectivity index (χ0v) is 24.3. The van der Waals surface area contributed by atoms with Gasteiger partial charge in [0.15, 0.2) is 0 Å². The number of rotatable bonds is 7. The summed E-state index contributed by atoms with van der Waals surface area (Å²) in [6, 6.07) is 7.45. The maximum Gasteiger partial charge on any atom is 0.416 e. The van der Waals surface area contributed by atoms with Crippen LogP contribution in [-0.4, -0.2) is 93.8 Å². The molecular weight excluding hydrogens is 561 g/mol. The lowest BCUT2D eigenvalue weighted by Gasteiger charge is -2.37. The van der Waals surface area contributed by atoms with Crippen molar-refractivity contribution < 1.29 is 22.7 Å². The Kier molecular flexibility index (Phi) is 8.88. The van der Waals surface area contributed by atoms with Crippen LogP contribution in [0.1, 0.15) is 42.9 Å². The molecule has 0 saturated carbocycles. The summed E-state index contributed by atoms with van der Waals surface area (Å²) in [6.07, 6.45) is 1.93. The third kappa shape index (κ3) is 6.66. The molecule has 1 aromatic carbocycles. The first-order valence-electron chi connectivity index (χ1n) is 15.3. The molecule has 5 heterocycles. The molecule has 1 amide bonds. The molecule has 3 saturated heterocycles. The molecule has 3 aromatic rings. The van der Waals surface area contributed by atoms with Gasteiger partial charge >= 0.3 is 11.9 Å². The zero-order chi connectivity index (χ0) is 30.0. The number of fused-ring (bicyclic) bond motifs is 1. The highest BCUT2D eigenvalue weighted by molar-refractivity contribution is 5.79. The Bertz CT molecular complexity index is 1450.